The molecule has 0 N–H and O–H groups in total. The molecule has 1 aliphatic rings. The zero-order chi connectivity index (χ0) is 35.2. The van der Waals surface area contributed by atoms with Crippen molar-refractivity contribution in [3.05, 3.63) is 114 Å². The molecule has 0 atom stereocenters. The Labute approximate surface area is 308 Å². The number of fused-ring (bicyclic) bond motifs is 11. The van der Waals surface area contributed by atoms with Crippen LogP contribution >= 0.6 is 11.3 Å². The van der Waals surface area contributed by atoms with Crippen LogP contribution in [0.3, 0.4) is 0 Å². The molecule has 1 aliphatic heterocycles. The minimum absolute atomic E-state index is 0.203. The Bertz CT molecular complexity index is 3230. The van der Waals surface area contributed by atoms with Crippen LogP contribution in [0.5, 0.6) is 0 Å². The van der Waals surface area contributed by atoms with Crippen LogP contribution < -0.4 is 21.9 Å². The normalized spacial score (nSPS) is 13.7. The second-order valence-corrected chi connectivity index (χ2v) is 15.3. The van der Waals surface area contributed by atoms with Crippen LogP contribution in [0.2, 0.25) is 0 Å². The lowest BCUT2D eigenvalue weighted by Gasteiger charge is -2.35. The summed E-state index contributed by atoms with van der Waals surface area (Å²) in [4.78, 5) is 10.4. The Morgan fingerprint density at radius 2 is 1.38 bits per heavy atom. The maximum atomic E-state index is 6.74. The Morgan fingerprint density at radius 1 is 0.654 bits per heavy atom. The zero-order valence-corrected chi connectivity index (χ0v) is 29.1. The van der Waals surface area contributed by atoms with Crippen LogP contribution in [0.15, 0.2) is 108 Å². The monoisotopic (exact) mass is 673 g/mol. The van der Waals surface area contributed by atoms with Gasteiger partial charge in [-0.1, -0.05) is 91.5 Å². The molecule has 234 valence electrons. The molecule has 0 amide bonds. The molecule has 11 rings (SSSR count). The molecule has 10 aromatic rings. The van der Waals surface area contributed by atoms with Gasteiger partial charge in [-0.2, -0.15) is 0 Å². The van der Waals surface area contributed by atoms with Gasteiger partial charge in [0, 0.05) is 48.2 Å². The van der Waals surface area contributed by atoms with E-state index in [9.17, 15) is 0 Å². The third-order valence-electron chi connectivity index (χ3n) is 11.1. The van der Waals surface area contributed by atoms with Crippen molar-refractivity contribution in [3.63, 3.8) is 0 Å². The van der Waals surface area contributed by atoms with E-state index in [1.54, 1.807) is 0 Å². The predicted octanol–water partition coefficient (Wildman–Crippen LogP) is 6.99. The van der Waals surface area contributed by atoms with Crippen molar-refractivity contribution in [3.8, 4) is 28.3 Å². The average Bonchev–Trinajstić information content (AvgIpc) is 3.84. The summed E-state index contributed by atoms with van der Waals surface area (Å²) in [5.41, 5.74) is 10.8. The molecule has 4 aromatic heterocycles. The number of thiophene rings is 1. The molecule has 0 fully saturated rings. The van der Waals surface area contributed by atoms with E-state index in [1.165, 1.54) is 42.3 Å². The second-order valence-electron chi connectivity index (χ2n) is 14.2. The van der Waals surface area contributed by atoms with Crippen LogP contribution in [0.4, 0.5) is 0 Å². The van der Waals surface area contributed by atoms with E-state index in [1.807, 2.05) is 47.7 Å². The molecule has 5 heterocycles. The van der Waals surface area contributed by atoms with Crippen LogP contribution in [0.25, 0.3) is 92.4 Å². The summed E-state index contributed by atoms with van der Waals surface area (Å²) in [5, 5.41) is 5.05. The summed E-state index contributed by atoms with van der Waals surface area (Å²) in [6.45, 7) is 4.59. The van der Waals surface area contributed by atoms with Crippen molar-refractivity contribution in [1.29, 1.82) is 0 Å². The largest absolute Gasteiger partial charge is 0.455 e. The van der Waals surface area contributed by atoms with Crippen molar-refractivity contribution in [2.75, 3.05) is 0 Å². The molecule has 52 heavy (non-hydrogen) atoms. The summed E-state index contributed by atoms with van der Waals surface area (Å²) < 4.78 is 11.5. The maximum absolute atomic E-state index is 6.74. The molecule has 0 bridgehead atoms. The lowest BCUT2D eigenvalue weighted by molar-refractivity contribution is 0.630. The number of aromatic nitrogens is 3. The minimum atomic E-state index is -0.320. The highest BCUT2D eigenvalue weighted by Gasteiger charge is 2.36. The Balaban J connectivity index is 1.21. The van der Waals surface area contributed by atoms with Gasteiger partial charge < -0.3 is 8.98 Å². The highest BCUT2D eigenvalue weighted by atomic mass is 32.1. The van der Waals surface area contributed by atoms with Crippen LogP contribution in [-0.4, -0.2) is 45.9 Å². The van der Waals surface area contributed by atoms with E-state index in [0.717, 1.165) is 33.2 Å². The standard InChI is InChI=1S/C43H23B4N3OS/c1-43(2)26-14-8-13-25-38(26)50(39-23-10-4-6-16-30(23)52-41(25)39)28-18-17-20(19-27(28)43)42-48-36(31-32(44)33(45)34(46)35(47)37(31)49-42)24-12-7-11-22-21-9-3-5-15-29(21)51-40(22)24/h3-19H,1-2H3. The number of rotatable bonds is 2. The summed E-state index contributed by atoms with van der Waals surface area (Å²) in [6, 6.07) is 35.9. The first-order valence-electron chi connectivity index (χ1n) is 17.2. The van der Waals surface area contributed by atoms with Gasteiger partial charge in [0.05, 0.1) is 32.6 Å². The van der Waals surface area contributed by atoms with E-state index in [0.29, 0.717) is 28.0 Å². The molecule has 4 nitrogen and oxygen atoms in total. The minimum Gasteiger partial charge on any atom is -0.455 e. The molecule has 6 aromatic carbocycles. The van der Waals surface area contributed by atoms with Gasteiger partial charge in [-0.25, -0.2) is 9.97 Å². The van der Waals surface area contributed by atoms with Gasteiger partial charge in [-0.15, -0.1) is 22.3 Å². The first-order valence-corrected chi connectivity index (χ1v) is 18.0. The highest BCUT2D eigenvalue weighted by molar-refractivity contribution is 7.26. The maximum Gasteiger partial charge on any atom is 0.160 e. The second kappa shape index (κ2) is 10.3. The number of para-hydroxylation sites is 3. The lowest BCUT2D eigenvalue weighted by Crippen LogP contribution is -2.48. The van der Waals surface area contributed by atoms with Gasteiger partial charge in [-0.3, -0.25) is 0 Å². The van der Waals surface area contributed by atoms with Gasteiger partial charge >= 0.3 is 0 Å². The molecule has 9 heteroatoms. The third-order valence-corrected chi connectivity index (χ3v) is 12.3. The van der Waals surface area contributed by atoms with Gasteiger partial charge in [-0.05, 0) is 47.5 Å². The molecule has 0 saturated carbocycles. The topological polar surface area (TPSA) is 43.9 Å². The van der Waals surface area contributed by atoms with Crippen LogP contribution in [-0.2, 0) is 5.41 Å². The molecule has 0 aliphatic carbocycles. The van der Waals surface area contributed by atoms with Crippen molar-refractivity contribution in [2.24, 2.45) is 0 Å². The van der Waals surface area contributed by atoms with Gasteiger partial charge in [0.25, 0.3) is 0 Å². The van der Waals surface area contributed by atoms with Gasteiger partial charge in [0.2, 0.25) is 0 Å². The molecular formula is C43H23B4N3OS. The SMILES string of the molecule is [B]c1c([B])c([B])c2c(-c3cccc4c3oc3ccccc34)nc(-c3ccc4c(c3)C(C)(C)c3cccc5c6sc7ccccc7c6n-4c35)nc2c1[B]. The first kappa shape index (κ1) is 30.1. The first-order chi connectivity index (χ1) is 25.2. The summed E-state index contributed by atoms with van der Waals surface area (Å²) in [7, 11) is 26.3. The zero-order valence-electron chi connectivity index (χ0n) is 28.3. The molecule has 0 unspecified atom stereocenters. The van der Waals surface area contributed by atoms with Crippen LogP contribution in [0, 0.1) is 0 Å². The fourth-order valence-corrected chi connectivity index (χ4v) is 9.71. The average molecular weight is 673 g/mol. The third kappa shape index (κ3) is 3.76. The van der Waals surface area contributed by atoms with E-state index < -0.39 is 0 Å². The van der Waals surface area contributed by atoms with Gasteiger partial charge in [0.15, 0.2) is 5.82 Å². The molecule has 8 radical (unpaired) electrons. The van der Waals surface area contributed by atoms with E-state index in [-0.39, 0.29) is 27.3 Å². The van der Waals surface area contributed by atoms with Gasteiger partial charge in [0.1, 0.15) is 42.6 Å². The van der Waals surface area contributed by atoms with Crippen LogP contribution in [0.1, 0.15) is 25.0 Å². The fourth-order valence-electron chi connectivity index (χ4n) is 8.50. The fraction of sp³-hybridized carbons (Fsp3) is 0.0698. The number of nitrogens with zero attached hydrogens (tertiary/aromatic N) is 3. The number of benzene rings is 6. The summed E-state index contributed by atoms with van der Waals surface area (Å²) in [6.07, 6.45) is 0. The summed E-state index contributed by atoms with van der Waals surface area (Å²) in [5.74, 6) is 0.493. The van der Waals surface area contributed by atoms with E-state index >= 15 is 0 Å². The number of furan rings is 1. The van der Waals surface area contributed by atoms with E-state index in [4.69, 9.17) is 45.8 Å². The Hall–Kier alpha value is -5.52. The Morgan fingerprint density at radius 3 is 2.25 bits per heavy atom. The molecular weight excluding hydrogens is 650 g/mol. The highest BCUT2D eigenvalue weighted by Crippen LogP contribution is 2.51. The van der Waals surface area contributed by atoms with Crippen molar-refractivity contribution >= 4 is 129 Å². The van der Waals surface area contributed by atoms with Crippen molar-refractivity contribution in [2.45, 2.75) is 19.3 Å². The predicted molar refractivity (Wildman–Crippen MR) is 221 cm³/mol. The number of hydrogen-bond donors (Lipinski definition) is 0. The quantitative estimate of drug-likeness (QED) is 0.186. The Kier molecular flexibility index (Phi) is 5.97. The molecule has 0 saturated heterocycles. The van der Waals surface area contributed by atoms with E-state index in [2.05, 4.69) is 85.1 Å². The van der Waals surface area contributed by atoms with Crippen molar-refractivity contribution < 1.29 is 4.42 Å². The molecule has 0 spiro atoms. The lowest BCUT2D eigenvalue weighted by atomic mass is 9.65. The smallest absolute Gasteiger partial charge is 0.160 e. The summed E-state index contributed by atoms with van der Waals surface area (Å²) >= 11 is 1.86. The number of hydrogen-bond acceptors (Lipinski definition) is 4. The van der Waals surface area contributed by atoms with Crippen molar-refractivity contribution in [1.82, 2.24) is 14.5 Å².